The van der Waals surface area contributed by atoms with Crippen LogP contribution >= 0.6 is 0 Å². The first-order chi connectivity index (χ1) is 9.35. The van der Waals surface area contributed by atoms with Gasteiger partial charge in [0.25, 0.3) is 0 Å². The molecule has 0 aromatic heterocycles. The predicted molar refractivity (Wildman–Crippen MR) is 80.1 cm³/mol. The summed E-state index contributed by atoms with van der Waals surface area (Å²) in [7, 11) is -3.43. The van der Waals surface area contributed by atoms with Crippen LogP contribution in [0.5, 0.6) is 0 Å². The minimum Gasteiger partial charge on any atom is -0.399 e. The zero-order valence-electron chi connectivity index (χ0n) is 11.9. The van der Waals surface area contributed by atoms with Crippen molar-refractivity contribution in [2.45, 2.75) is 26.0 Å². The second-order valence-corrected chi connectivity index (χ2v) is 7.13. The Labute approximate surface area is 121 Å². The molecule has 0 unspecified atom stereocenters. The van der Waals surface area contributed by atoms with Gasteiger partial charge in [0, 0.05) is 25.2 Å². The van der Waals surface area contributed by atoms with Crippen molar-refractivity contribution in [2.24, 2.45) is 5.92 Å². The number of nitriles is 1. The monoisotopic (exact) mass is 295 g/mol. The van der Waals surface area contributed by atoms with E-state index in [-0.39, 0.29) is 24.6 Å². The number of benzene rings is 1. The number of hydrogen-bond donors (Lipinski definition) is 1. The highest BCUT2D eigenvalue weighted by atomic mass is 32.2. The van der Waals surface area contributed by atoms with E-state index in [0.717, 1.165) is 0 Å². The van der Waals surface area contributed by atoms with Crippen LogP contribution in [0.25, 0.3) is 0 Å². The Balaban J connectivity index is 2.89. The van der Waals surface area contributed by atoms with Crippen LogP contribution in [0.15, 0.2) is 24.3 Å². The van der Waals surface area contributed by atoms with Crippen LogP contribution in [0.4, 0.5) is 5.69 Å². The van der Waals surface area contributed by atoms with E-state index < -0.39 is 10.0 Å². The summed E-state index contributed by atoms with van der Waals surface area (Å²) in [6.07, 6.45) is 0.197. The van der Waals surface area contributed by atoms with Gasteiger partial charge in [-0.1, -0.05) is 26.0 Å². The van der Waals surface area contributed by atoms with Crippen LogP contribution in [0.1, 0.15) is 25.8 Å². The maximum absolute atomic E-state index is 12.4. The van der Waals surface area contributed by atoms with Gasteiger partial charge in [0.2, 0.25) is 10.0 Å². The quantitative estimate of drug-likeness (QED) is 0.779. The van der Waals surface area contributed by atoms with Crippen molar-refractivity contribution in [3.8, 4) is 6.07 Å². The van der Waals surface area contributed by atoms with E-state index in [0.29, 0.717) is 17.8 Å². The third-order valence-corrected chi connectivity index (χ3v) is 4.55. The molecular formula is C14H21N3O2S. The Morgan fingerprint density at radius 2 is 2.10 bits per heavy atom. The molecule has 0 radical (unpaired) electrons. The summed E-state index contributed by atoms with van der Waals surface area (Å²) in [5.74, 6) is 0.125. The predicted octanol–water partition coefficient (Wildman–Crippen LogP) is 1.97. The smallest absolute Gasteiger partial charge is 0.218 e. The zero-order valence-corrected chi connectivity index (χ0v) is 12.7. The first-order valence-corrected chi connectivity index (χ1v) is 8.15. The fourth-order valence-corrected chi connectivity index (χ4v) is 3.59. The van der Waals surface area contributed by atoms with Gasteiger partial charge < -0.3 is 5.73 Å². The van der Waals surface area contributed by atoms with Gasteiger partial charge in [0.15, 0.2) is 0 Å². The normalized spacial score (nSPS) is 11.8. The lowest BCUT2D eigenvalue weighted by Crippen LogP contribution is -2.35. The highest BCUT2D eigenvalue weighted by Crippen LogP contribution is 2.15. The average Bonchev–Trinajstić information content (AvgIpc) is 2.33. The summed E-state index contributed by atoms with van der Waals surface area (Å²) in [6, 6.07) is 8.85. The molecule has 5 nitrogen and oxygen atoms in total. The number of anilines is 1. The maximum Gasteiger partial charge on any atom is 0.218 e. The van der Waals surface area contributed by atoms with E-state index in [9.17, 15) is 8.42 Å². The van der Waals surface area contributed by atoms with Gasteiger partial charge in [0.1, 0.15) is 0 Å². The van der Waals surface area contributed by atoms with E-state index in [1.165, 1.54) is 4.31 Å². The molecule has 0 amide bonds. The first kappa shape index (κ1) is 16.5. The zero-order chi connectivity index (χ0) is 15.2. The summed E-state index contributed by atoms with van der Waals surface area (Å²) < 4.78 is 26.2. The van der Waals surface area contributed by atoms with Crippen LogP contribution in [0.3, 0.4) is 0 Å². The first-order valence-electron chi connectivity index (χ1n) is 6.54. The van der Waals surface area contributed by atoms with E-state index in [2.05, 4.69) is 0 Å². The largest absolute Gasteiger partial charge is 0.399 e. The summed E-state index contributed by atoms with van der Waals surface area (Å²) in [5, 5.41) is 8.65. The maximum atomic E-state index is 12.4. The molecule has 1 aromatic rings. The molecule has 6 heteroatoms. The van der Waals surface area contributed by atoms with Gasteiger partial charge in [-0.15, -0.1) is 0 Å². The second-order valence-electron chi connectivity index (χ2n) is 5.16. The lowest BCUT2D eigenvalue weighted by molar-refractivity contribution is 0.372. The van der Waals surface area contributed by atoms with Crippen molar-refractivity contribution < 1.29 is 8.42 Å². The lowest BCUT2D eigenvalue weighted by Gasteiger charge is -2.23. The average molecular weight is 295 g/mol. The SMILES string of the molecule is CC(C)CN(CCC#N)S(=O)(=O)Cc1cccc(N)c1. The highest BCUT2D eigenvalue weighted by molar-refractivity contribution is 7.88. The van der Waals surface area contributed by atoms with Crippen LogP contribution in [-0.2, 0) is 15.8 Å². The standard InChI is InChI=1S/C14H21N3O2S/c1-12(2)10-17(8-4-7-15)20(18,19)11-13-5-3-6-14(16)9-13/h3,5-6,9,12H,4,8,10-11,16H2,1-2H3. The third-order valence-electron chi connectivity index (χ3n) is 2.74. The number of hydrogen-bond acceptors (Lipinski definition) is 4. The van der Waals surface area contributed by atoms with Crippen LogP contribution in [0, 0.1) is 17.2 Å². The summed E-state index contributed by atoms with van der Waals surface area (Å²) >= 11 is 0. The molecule has 1 aromatic carbocycles. The fraction of sp³-hybridized carbons (Fsp3) is 0.500. The summed E-state index contributed by atoms with van der Waals surface area (Å²) in [4.78, 5) is 0. The Bertz CT molecular complexity index is 576. The molecule has 1 rings (SSSR count). The number of nitrogen functional groups attached to an aromatic ring is 1. The molecule has 0 aliphatic carbocycles. The minimum atomic E-state index is -3.43. The molecule has 110 valence electrons. The molecule has 2 N–H and O–H groups in total. The lowest BCUT2D eigenvalue weighted by atomic mass is 10.2. The summed E-state index contributed by atoms with van der Waals surface area (Å²) in [5.41, 5.74) is 6.87. The molecule has 20 heavy (non-hydrogen) atoms. The van der Waals surface area contributed by atoms with Gasteiger partial charge in [-0.05, 0) is 23.6 Å². The molecular weight excluding hydrogens is 274 g/mol. The van der Waals surface area contributed by atoms with E-state index in [1.54, 1.807) is 24.3 Å². The Hall–Kier alpha value is -1.58. The van der Waals surface area contributed by atoms with Crippen molar-refractivity contribution in [3.05, 3.63) is 29.8 Å². The van der Waals surface area contributed by atoms with Crippen molar-refractivity contribution in [1.29, 1.82) is 5.26 Å². The molecule has 0 fully saturated rings. The fourth-order valence-electron chi connectivity index (χ4n) is 1.91. The van der Waals surface area contributed by atoms with Gasteiger partial charge in [-0.25, -0.2) is 12.7 Å². The molecule has 0 saturated carbocycles. The van der Waals surface area contributed by atoms with Gasteiger partial charge in [-0.3, -0.25) is 0 Å². The third kappa shape index (κ3) is 5.19. The van der Waals surface area contributed by atoms with Crippen LogP contribution in [0.2, 0.25) is 0 Å². The highest BCUT2D eigenvalue weighted by Gasteiger charge is 2.23. The molecule has 0 bridgehead atoms. The number of nitrogens with two attached hydrogens (primary N) is 1. The van der Waals surface area contributed by atoms with Gasteiger partial charge >= 0.3 is 0 Å². The molecule has 0 atom stereocenters. The molecule has 0 saturated heterocycles. The molecule has 0 heterocycles. The van der Waals surface area contributed by atoms with Crippen LogP contribution in [-0.4, -0.2) is 25.8 Å². The van der Waals surface area contributed by atoms with E-state index >= 15 is 0 Å². The number of sulfonamides is 1. The Kier molecular flexibility index (Phi) is 5.99. The van der Waals surface area contributed by atoms with Gasteiger partial charge in [-0.2, -0.15) is 5.26 Å². The number of rotatable bonds is 7. The second kappa shape index (κ2) is 7.27. The van der Waals surface area contributed by atoms with Crippen molar-refractivity contribution in [2.75, 3.05) is 18.8 Å². The van der Waals surface area contributed by atoms with Crippen molar-refractivity contribution >= 4 is 15.7 Å². The molecule has 0 aliphatic heterocycles. The molecule has 0 aliphatic rings. The Morgan fingerprint density at radius 3 is 2.65 bits per heavy atom. The molecule has 0 spiro atoms. The summed E-state index contributed by atoms with van der Waals surface area (Å²) in [6.45, 7) is 4.57. The van der Waals surface area contributed by atoms with Crippen LogP contribution < -0.4 is 5.73 Å². The minimum absolute atomic E-state index is 0.0871. The van der Waals surface area contributed by atoms with E-state index in [1.807, 2.05) is 19.9 Å². The van der Waals surface area contributed by atoms with Crippen molar-refractivity contribution in [1.82, 2.24) is 4.31 Å². The van der Waals surface area contributed by atoms with E-state index in [4.69, 9.17) is 11.0 Å². The Morgan fingerprint density at radius 1 is 1.40 bits per heavy atom. The van der Waals surface area contributed by atoms with Gasteiger partial charge in [0.05, 0.1) is 11.8 Å². The van der Waals surface area contributed by atoms with Crippen molar-refractivity contribution in [3.63, 3.8) is 0 Å². The topological polar surface area (TPSA) is 87.2 Å². The number of nitrogens with zero attached hydrogens (tertiary/aromatic N) is 2.